The van der Waals surface area contributed by atoms with Gasteiger partial charge >= 0.3 is 5.97 Å². The average molecular weight is 363 g/mol. The summed E-state index contributed by atoms with van der Waals surface area (Å²) in [6, 6.07) is 9.40. The number of halogens is 1. The van der Waals surface area contributed by atoms with E-state index < -0.39 is 24.3 Å². The van der Waals surface area contributed by atoms with Crippen molar-refractivity contribution in [1.29, 1.82) is 0 Å². The van der Waals surface area contributed by atoms with Crippen molar-refractivity contribution < 1.29 is 23.5 Å². The second-order valence-electron chi connectivity index (χ2n) is 5.15. The van der Waals surface area contributed by atoms with Gasteiger partial charge in [-0.2, -0.15) is 0 Å². The molecule has 0 saturated carbocycles. The number of aryl methyl sites for hydroxylation is 1. The minimum absolute atomic E-state index is 0.231. The molecule has 0 aromatic heterocycles. The quantitative estimate of drug-likeness (QED) is 0.627. The van der Waals surface area contributed by atoms with Gasteiger partial charge in [-0.15, -0.1) is 11.8 Å². The molecule has 0 aliphatic carbocycles. The maximum atomic E-state index is 13.5. The molecule has 0 aliphatic rings. The highest BCUT2D eigenvalue weighted by molar-refractivity contribution is 7.98. The third-order valence-corrected chi connectivity index (χ3v) is 4.14. The fourth-order valence-electron chi connectivity index (χ4n) is 2.04. The molecule has 7 heteroatoms. The number of esters is 1. The topological polar surface area (TPSA) is 64.6 Å². The van der Waals surface area contributed by atoms with Crippen molar-refractivity contribution in [3.8, 4) is 5.75 Å². The van der Waals surface area contributed by atoms with Crippen molar-refractivity contribution in [2.75, 3.05) is 25.3 Å². The van der Waals surface area contributed by atoms with Crippen LogP contribution in [0.1, 0.15) is 15.9 Å². The molecule has 132 valence electrons. The lowest BCUT2D eigenvalue weighted by Crippen LogP contribution is -2.21. The number of anilines is 1. The van der Waals surface area contributed by atoms with E-state index in [9.17, 15) is 14.0 Å². The van der Waals surface area contributed by atoms with Crippen LogP contribution in [0, 0.1) is 12.7 Å². The summed E-state index contributed by atoms with van der Waals surface area (Å²) in [5, 5.41) is 2.47. The number of rotatable bonds is 6. The summed E-state index contributed by atoms with van der Waals surface area (Å²) < 4.78 is 23.6. The van der Waals surface area contributed by atoms with Gasteiger partial charge in [-0.25, -0.2) is 9.18 Å². The summed E-state index contributed by atoms with van der Waals surface area (Å²) in [4.78, 5) is 24.9. The lowest BCUT2D eigenvalue weighted by Gasteiger charge is -2.10. The number of carbonyl (C=O) groups excluding carboxylic acids is 2. The van der Waals surface area contributed by atoms with Gasteiger partial charge in [0.1, 0.15) is 17.1 Å². The fourth-order valence-corrected chi connectivity index (χ4v) is 2.47. The minimum Gasteiger partial charge on any atom is -0.496 e. The second kappa shape index (κ2) is 8.53. The summed E-state index contributed by atoms with van der Waals surface area (Å²) in [6.45, 7) is 1.14. The molecule has 2 aromatic rings. The number of carbonyl (C=O) groups is 2. The first-order chi connectivity index (χ1) is 11.9. The van der Waals surface area contributed by atoms with Crippen molar-refractivity contribution in [2.45, 2.75) is 11.8 Å². The number of benzene rings is 2. The first kappa shape index (κ1) is 18.8. The Kier molecular flexibility index (Phi) is 6.41. The third-order valence-electron chi connectivity index (χ3n) is 3.42. The van der Waals surface area contributed by atoms with E-state index in [1.807, 2.05) is 6.26 Å². The summed E-state index contributed by atoms with van der Waals surface area (Å²) in [5.41, 5.74) is 1.01. The smallest absolute Gasteiger partial charge is 0.342 e. The molecule has 0 heterocycles. The molecule has 0 aliphatic heterocycles. The summed E-state index contributed by atoms with van der Waals surface area (Å²) in [5.74, 6) is -1.28. The van der Waals surface area contributed by atoms with E-state index in [0.29, 0.717) is 17.0 Å². The third kappa shape index (κ3) is 4.96. The number of hydrogen-bond donors (Lipinski definition) is 1. The van der Waals surface area contributed by atoms with Gasteiger partial charge in [0, 0.05) is 10.6 Å². The van der Waals surface area contributed by atoms with Crippen LogP contribution >= 0.6 is 11.8 Å². The molecule has 25 heavy (non-hydrogen) atoms. The average Bonchev–Trinajstić information content (AvgIpc) is 2.62. The van der Waals surface area contributed by atoms with Crippen LogP contribution in [0.25, 0.3) is 0 Å². The van der Waals surface area contributed by atoms with Crippen molar-refractivity contribution in [1.82, 2.24) is 0 Å². The Hall–Kier alpha value is -2.54. The number of ether oxygens (including phenoxy) is 2. The van der Waals surface area contributed by atoms with E-state index in [-0.39, 0.29) is 5.56 Å². The molecule has 0 saturated heterocycles. The van der Waals surface area contributed by atoms with Crippen molar-refractivity contribution in [3.05, 3.63) is 53.3 Å². The van der Waals surface area contributed by atoms with E-state index in [0.717, 1.165) is 4.90 Å². The Morgan fingerprint density at radius 1 is 1.20 bits per heavy atom. The van der Waals surface area contributed by atoms with E-state index in [1.165, 1.54) is 24.9 Å². The molecule has 0 bridgehead atoms. The molecule has 0 unspecified atom stereocenters. The van der Waals surface area contributed by atoms with Gasteiger partial charge in [0.05, 0.1) is 7.11 Å². The van der Waals surface area contributed by atoms with Gasteiger partial charge in [-0.05, 0) is 49.1 Å². The SMILES string of the molecule is COc1cc(SC)ccc1C(=O)OCC(=O)Nc1ccc(C)c(F)c1. The largest absolute Gasteiger partial charge is 0.496 e. The van der Waals surface area contributed by atoms with Crippen molar-refractivity contribution >= 4 is 29.3 Å². The van der Waals surface area contributed by atoms with Crippen LogP contribution in [0.3, 0.4) is 0 Å². The predicted octanol–water partition coefficient (Wildman–Crippen LogP) is 3.66. The maximum absolute atomic E-state index is 13.5. The second-order valence-corrected chi connectivity index (χ2v) is 6.03. The van der Waals surface area contributed by atoms with Gasteiger partial charge in [0.2, 0.25) is 0 Å². The fraction of sp³-hybridized carbons (Fsp3) is 0.222. The molecule has 2 rings (SSSR count). The first-order valence-electron chi connectivity index (χ1n) is 7.39. The van der Waals surface area contributed by atoms with Crippen molar-refractivity contribution in [3.63, 3.8) is 0 Å². The molecule has 1 amide bonds. The highest BCUT2D eigenvalue weighted by Crippen LogP contribution is 2.25. The Labute approximate surface area is 149 Å². The number of methoxy groups -OCH3 is 1. The predicted molar refractivity (Wildman–Crippen MR) is 94.8 cm³/mol. The minimum atomic E-state index is -0.672. The van der Waals surface area contributed by atoms with Crippen LogP contribution in [-0.4, -0.2) is 31.8 Å². The number of thioether (sulfide) groups is 1. The Morgan fingerprint density at radius 2 is 1.96 bits per heavy atom. The molecule has 0 atom stereocenters. The van der Waals surface area contributed by atoms with Crippen LogP contribution < -0.4 is 10.1 Å². The normalized spacial score (nSPS) is 10.2. The molecule has 1 N–H and O–H groups in total. The van der Waals surface area contributed by atoms with E-state index >= 15 is 0 Å². The molecule has 0 spiro atoms. The lowest BCUT2D eigenvalue weighted by molar-refractivity contribution is -0.119. The van der Waals surface area contributed by atoms with Gasteiger partial charge in [-0.1, -0.05) is 6.07 Å². The zero-order valence-electron chi connectivity index (χ0n) is 14.1. The van der Waals surface area contributed by atoms with Gasteiger partial charge in [-0.3, -0.25) is 4.79 Å². The molecule has 0 fully saturated rings. The lowest BCUT2D eigenvalue weighted by atomic mass is 10.2. The van der Waals surface area contributed by atoms with Crippen LogP contribution in [0.2, 0.25) is 0 Å². The zero-order valence-corrected chi connectivity index (χ0v) is 14.9. The van der Waals surface area contributed by atoms with Crippen LogP contribution in [0.5, 0.6) is 5.75 Å². The highest BCUT2D eigenvalue weighted by atomic mass is 32.2. The molecular weight excluding hydrogens is 345 g/mol. The van der Waals surface area contributed by atoms with Crippen molar-refractivity contribution in [2.24, 2.45) is 0 Å². The Bertz CT molecular complexity index is 795. The van der Waals surface area contributed by atoms with E-state index in [4.69, 9.17) is 9.47 Å². The number of nitrogens with one attached hydrogen (secondary N) is 1. The van der Waals surface area contributed by atoms with Crippen LogP contribution in [0.4, 0.5) is 10.1 Å². The number of hydrogen-bond acceptors (Lipinski definition) is 5. The van der Waals surface area contributed by atoms with Gasteiger partial charge in [0.25, 0.3) is 5.91 Å². The monoisotopic (exact) mass is 363 g/mol. The maximum Gasteiger partial charge on any atom is 0.342 e. The number of amides is 1. The summed E-state index contributed by atoms with van der Waals surface area (Å²) in [7, 11) is 1.45. The molecule has 2 aromatic carbocycles. The van der Waals surface area contributed by atoms with Crippen LogP contribution in [0.15, 0.2) is 41.3 Å². The molecule has 0 radical (unpaired) electrons. The standard InChI is InChI=1S/C18H18FNO4S/c1-11-4-5-12(8-15(11)19)20-17(21)10-24-18(22)14-7-6-13(25-3)9-16(14)23-2/h4-9H,10H2,1-3H3,(H,20,21). The summed E-state index contributed by atoms with van der Waals surface area (Å²) in [6.07, 6.45) is 1.91. The van der Waals surface area contributed by atoms with Gasteiger partial charge in [0.15, 0.2) is 6.61 Å². The van der Waals surface area contributed by atoms with Crippen LogP contribution in [-0.2, 0) is 9.53 Å². The van der Waals surface area contributed by atoms with Gasteiger partial charge < -0.3 is 14.8 Å². The molecular formula is C18H18FNO4S. The Balaban J connectivity index is 1.97. The summed E-state index contributed by atoms with van der Waals surface area (Å²) >= 11 is 1.51. The Morgan fingerprint density at radius 3 is 2.60 bits per heavy atom. The molecule has 5 nitrogen and oxygen atoms in total. The highest BCUT2D eigenvalue weighted by Gasteiger charge is 2.16. The zero-order chi connectivity index (χ0) is 18.4. The van der Waals surface area contributed by atoms with E-state index in [2.05, 4.69) is 5.32 Å². The van der Waals surface area contributed by atoms with E-state index in [1.54, 1.807) is 37.3 Å². The first-order valence-corrected chi connectivity index (χ1v) is 8.62.